The molecule has 1 aliphatic heterocycles. The van der Waals surface area contributed by atoms with Crippen LogP contribution in [0.2, 0.25) is 0 Å². The predicted octanol–water partition coefficient (Wildman–Crippen LogP) is 1.29. The van der Waals surface area contributed by atoms with Gasteiger partial charge in [0.1, 0.15) is 13.2 Å². The smallest absolute Gasteiger partial charge is 0.416 e. The minimum absolute atomic E-state index is 0.432. The highest BCUT2D eigenvalue weighted by atomic mass is 19.4. The quantitative estimate of drug-likeness (QED) is 0.832. The van der Waals surface area contributed by atoms with Crippen molar-refractivity contribution >= 4 is 23.5 Å². The van der Waals surface area contributed by atoms with Crippen LogP contribution < -0.4 is 4.90 Å². The van der Waals surface area contributed by atoms with Gasteiger partial charge in [0.2, 0.25) is 0 Å². The highest BCUT2D eigenvalue weighted by molar-refractivity contribution is 6.17. The molecule has 112 valence electrons. The van der Waals surface area contributed by atoms with Crippen LogP contribution in [0.4, 0.5) is 18.9 Å². The Hall–Kier alpha value is -2.42. The van der Waals surface area contributed by atoms with E-state index < -0.39 is 54.0 Å². The Labute approximate surface area is 115 Å². The number of amides is 2. The molecule has 0 spiro atoms. The van der Waals surface area contributed by atoms with E-state index in [1.165, 1.54) is 0 Å². The molecule has 0 saturated carbocycles. The normalized spacial score (nSPS) is 16.2. The van der Waals surface area contributed by atoms with Gasteiger partial charge in [0.25, 0.3) is 11.8 Å². The Morgan fingerprint density at radius 3 is 2.19 bits per heavy atom. The zero-order chi connectivity index (χ0) is 15.8. The summed E-state index contributed by atoms with van der Waals surface area (Å²) in [5.41, 5.74) is -2.38. The van der Waals surface area contributed by atoms with Gasteiger partial charge in [0.05, 0.1) is 16.8 Å². The summed E-state index contributed by atoms with van der Waals surface area (Å²) in [6.07, 6.45) is -4.81. The van der Waals surface area contributed by atoms with Gasteiger partial charge < -0.3 is 9.84 Å². The number of hydrogen-bond acceptors (Lipinski definition) is 4. The van der Waals surface area contributed by atoms with Crippen LogP contribution in [0, 0.1) is 0 Å². The lowest BCUT2D eigenvalue weighted by molar-refractivity contribution is -0.139. The number of aromatic carboxylic acids is 1. The largest absolute Gasteiger partial charge is 0.478 e. The van der Waals surface area contributed by atoms with E-state index in [9.17, 15) is 27.6 Å². The number of carbonyl (C=O) groups excluding carboxylic acids is 2. The second kappa shape index (κ2) is 5.17. The van der Waals surface area contributed by atoms with Crippen molar-refractivity contribution in [3.05, 3.63) is 29.3 Å². The lowest BCUT2D eigenvalue weighted by Crippen LogP contribution is -2.46. The van der Waals surface area contributed by atoms with Crippen molar-refractivity contribution in [1.29, 1.82) is 0 Å². The molecule has 1 saturated heterocycles. The number of imide groups is 1. The first-order valence-corrected chi connectivity index (χ1v) is 5.59. The number of anilines is 1. The number of morpholine rings is 1. The summed E-state index contributed by atoms with van der Waals surface area (Å²) in [7, 11) is 0. The van der Waals surface area contributed by atoms with Crippen LogP contribution in [-0.4, -0.2) is 36.1 Å². The third-order valence-corrected chi connectivity index (χ3v) is 2.70. The van der Waals surface area contributed by atoms with Crippen molar-refractivity contribution in [3.8, 4) is 0 Å². The van der Waals surface area contributed by atoms with Crippen LogP contribution in [0.25, 0.3) is 0 Å². The SMILES string of the molecule is O=C(O)c1cc(N2C(=O)COCC2=O)cc(C(F)(F)F)c1. The lowest BCUT2D eigenvalue weighted by atomic mass is 10.1. The molecule has 1 heterocycles. The van der Waals surface area contributed by atoms with Gasteiger partial charge in [-0.2, -0.15) is 13.2 Å². The van der Waals surface area contributed by atoms with Crippen molar-refractivity contribution in [1.82, 2.24) is 0 Å². The van der Waals surface area contributed by atoms with Gasteiger partial charge in [0, 0.05) is 0 Å². The number of ether oxygens (including phenoxy) is 1. The average molecular weight is 303 g/mol. The van der Waals surface area contributed by atoms with Gasteiger partial charge >= 0.3 is 12.1 Å². The number of halogens is 3. The van der Waals surface area contributed by atoms with Crippen molar-refractivity contribution < 1.29 is 37.4 Å². The second-order valence-electron chi connectivity index (χ2n) is 4.19. The van der Waals surface area contributed by atoms with E-state index in [1.54, 1.807) is 0 Å². The highest BCUT2D eigenvalue weighted by Crippen LogP contribution is 2.33. The summed E-state index contributed by atoms with van der Waals surface area (Å²) in [6.45, 7) is -0.936. The Bertz CT molecular complexity index is 610. The molecule has 0 bridgehead atoms. The number of rotatable bonds is 2. The highest BCUT2D eigenvalue weighted by Gasteiger charge is 2.35. The van der Waals surface area contributed by atoms with Crippen molar-refractivity contribution in [2.45, 2.75) is 6.18 Å². The first-order chi connectivity index (χ1) is 9.70. The Morgan fingerprint density at radius 1 is 1.14 bits per heavy atom. The number of carboxylic acids is 1. The van der Waals surface area contributed by atoms with Gasteiger partial charge in [-0.1, -0.05) is 0 Å². The fourth-order valence-electron chi connectivity index (χ4n) is 1.81. The number of hydrogen-bond donors (Lipinski definition) is 1. The Kier molecular flexibility index (Phi) is 3.69. The van der Waals surface area contributed by atoms with Crippen LogP contribution in [0.1, 0.15) is 15.9 Å². The molecule has 1 aliphatic rings. The molecule has 0 aromatic heterocycles. The van der Waals surface area contributed by atoms with Crippen LogP contribution in [0.3, 0.4) is 0 Å². The first kappa shape index (κ1) is 15.0. The summed E-state index contributed by atoms with van der Waals surface area (Å²) in [6, 6.07) is 1.81. The molecule has 2 amide bonds. The van der Waals surface area contributed by atoms with Gasteiger partial charge in [0.15, 0.2) is 0 Å². The Morgan fingerprint density at radius 2 is 1.71 bits per heavy atom. The maximum atomic E-state index is 12.8. The lowest BCUT2D eigenvalue weighted by Gasteiger charge is -2.25. The molecule has 1 aromatic rings. The van der Waals surface area contributed by atoms with Crippen molar-refractivity contribution in [2.75, 3.05) is 18.1 Å². The average Bonchev–Trinajstić information content (AvgIpc) is 2.37. The van der Waals surface area contributed by atoms with Gasteiger partial charge in [-0.15, -0.1) is 0 Å². The summed E-state index contributed by atoms with van der Waals surface area (Å²) >= 11 is 0. The number of nitrogens with zero attached hydrogens (tertiary/aromatic N) is 1. The summed E-state index contributed by atoms with van der Waals surface area (Å²) in [4.78, 5) is 34.6. The van der Waals surface area contributed by atoms with Crippen LogP contribution >= 0.6 is 0 Å². The monoisotopic (exact) mass is 303 g/mol. The summed E-state index contributed by atoms with van der Waals surface area (Å²) in [5.74, 6) is -3.32. The number of carbonyl (C=O) groups is 3. The minimum atomic E-state index is -4.81. The van der Waals surface area contributed by atoms with Gasteiger partial charge in [-0.05, 0) is 18.2 Å². The molecule has 1 aromatic carbocycles. The molecule has 0 radical (unpaired) electrons. The third kappa shape index (κ3) is 3.02. The Balaban J connectivity index is 2.57. The van der Waals surface area contributed by atoms with E-state index in [0.717, 1.165) is 6.07 Å². The van der Waals surface area contributed by atoms with E-state index in [2.05, 4.69) is 4.74 Å². The maximum Gasteiger partial charge on any atom is 0.416 e. The predicted molar refractivity (Wildman–Crippen MR) is 61.7 cm³/mol. The number of benzene rings is 1. The van der Waals surface area contributed by atoms with Gasteiger partial charge in [-0.25, -0.2) is 9.69 Å². The molecular formula is C12H8F3NO5. The van der Waals surface area contributed by atoms with E-state index in [1.807, 2.05) is 0 Å². The van der Waals surface area contributed by atoms with Crippen LogP contribution in [0.15, 0.2) is 18.2 Å². The molecule has 2 rings (SSSR count). The fourth-order valence-corrected chi connectivity index (χ4v) is 1.81. The second-order valence-corrected chi connectivity index (χ2v) is 4.19. The number of alkyl halides is 3. The van der Waals surface area contributed by atoms with Crippen LogP contribution in [-0.2, 0) is 20.5 Å². The fraction of sp³-hybridized carbons (Fsp3) is 0.250. The number of carboxylic acid groups (broad SMARTS) is 1. The minimum Gasteiger partial charge on any atom is -0.478 e. The summed E-state index contributed by atoms with van der Waals surface area (Å²) in [5, 5.41) is 8.85. The van der Waals surface area contributed by atoms with Crippen molar-refractivity contribution in [3.63, 3.8) is 0 Å². The van der Waals surface area contributed by atoms with E-state index >= 15 is 0 Å². The molecule has 0 unspecified atom stereocenters. The molecular weight excluding hydrogens is 295 g/mol. The molecule has 6 nitrogen and oxygen atoms in total. The molecule has 0 atom stereocenters. The zero-order valence-electron chi connectivity index (χ0n) is 10.3. The maximum absolute atomic E-state index is 12.8. The molecule has 9 heteroatoms. The van der Waals surface area contributed by atoms with E-state index in [-0.39, 0.29) is 0 Å². The first-order valence-electron chi connectivity index (χ1n) is 5.59. The van der Waals surface area contributed by atoms with E-state index in [0.29, 0.717) is 17.0 Å². The summed E-state index contributed by atoms with van der Waals surface area (Å²) < 4.78 is 42.9. The van der Waals surface area contributed by atoms with Crippen LogP contribution in [0.5, 0.6) is 0 Å². The van der Waals surface area contributed by atoms with E-state index in [4.69, 9.17) is 5.11 Å². The van der Waals surface area contributed by atoms with Crippen molar-refractivity contribution in [2.24, 2.45) is 0 Å². The standard InChI is InChI=1S/C12H8F3NO5/c13-12(14,15)7-1-6(11(19)20)2-8(3-7)16-9(17)4-21-5-10(16)18/h1-3H,4-5H2,(H,19,20). The van der Waals surface area contributed by atoms with Gasteiger partial charge in [-0.3, -0.25) is 9.59 Å². The molecule has 1 fully saturated rings. The third-order valence-electron chi connectivity index (χ3n) is 2.70. The topological polar surface area (TPSA) is 83.9 Å². The zero-order valence-corrected chi connectivity index (χ0v) is 10.3. The molecule has 0 aliphatic carbocycles. The molecule has 1 N–H and O–H groups in total. The molecule has 21 heavy (non-hydrogen) atoms.